The van der Waals surface area contributed by atoms with Crippen molar-refractivity contribution in [3.05, 3.63) is 23.5 Å². The van der Waals surface area contributed by atoms with E-state index in [1.165, 1.54) is 21.2 Å². The standard InChI is InChI=1S/C17H21N3O2S/c1-10-7-11(2)18-17-14(10)15-16(23-17)13(8-20(15)4-5-21)19-12-3-6-22-9-12/h7-8,12,19,21H,3-6,9H2,1-2H3. The van der Waals surface area contributed by atoms with E-state index >= 15 is 0 Å². The molecule has 0 radical (unpaired) electrons. The van der Waals surface area contributed by atoms with Gasteiger partial charge in [-0.15, -0.1) is 11.3 Å². The summed E-state index contributed by atoms with van der Waals surface area (Å²) in [6.45, 7) is 6.48. The average Bonchev–Trinajstić information content (AvgIpc) is 3.18. The molecule has 3 aromatic heterocycles. The summed E-state index contributed by atoms with van der Waals surface area (Å²) in [5.41, 5.74) is 4.60. The molecule has 1 aliphatic rings. The van der Waals surface area contributed by atoms with Gasteiger partial charge >= 0.3 is 0 Å². The van der Waals surface area contributed by atoms with Gasteiger partial charge in [-0.2, -0.15) is 0 Å². The molecule has 23 heavy (non-hydrogen) atoms. The molecule has 0 aliphatic carbocycles. The van der Waals surface area contributed by atoms with Crippen molar-refractivity contribution in [3.8, 4) is 0 Å². The van der Waals surface area contributed by atoms with Crippen LogP contribution in [0.1, 0.15) is 17.7 Å². The van der Waals surface area contributed by atoms with Crippen molar-refractivity contribution in [1.82, 2.24) is 9.55 Å². The Morgan fingerprint density at radius 1 is 1.48 bits per heavy atom. The van der Waals surface area contributed by atoms with Crippen molar-refractivity contribution in [3.63, 3.8) is 0 Å². The highest BCUT2D eigenvalue weighted by Gasteiger charge is 2.21. The molecule has 0 amide bonds. The maximum Gasteiger partial charge on any atom is 0.126 e. The van der Waals surface area contributed by atoms with Crippen LogP contribution in [-0.4, -0.2) is 40.5 Å². The van der Waals surface area contributed by atoms with E-state index in [0.29, 0.717) is 12.6 Å². The quantitative estimate of drug-likeness (QED) is 0.771. The number of ether oxygens (including phenoxy) is 1. The molecule has 2 N–H and O–H groups in total. The summed E-state index contributed by atoms with van der Waals surface area (Å²) >= 11 is 1.73. The van der Waals surface area contributed by atoms with Gasteiger partial charge in [-0.1, -0.05) is 0 Å². The number of thiophene rings is 1. The van der Waals surface area contributed by atoms with Crippen LogP contribution < -0.4 is 5.32 Å². The highest BCUT2D eigenvalue weighted by atomic mass is 32.1. The lowest BCUT2D eigenvalue weighted by Gasteiger charge is -2.10. The number of aromatic nitrogens is 2. The Hall–Kier alpha value is -1.63. The van der Waals surface area contributed by atoms with Gasteiger partial charge in [0.15, 0.2) is 0 Å². The molecule has 0 saturated carbocycles. The van der Waals surface area contributed by atoms with Gasteiger partial charge in [0, 0.05) is 30.4 Å². The van der Waals surface area contributed by atoms with Gasteiger partial charge in [0.05, 0.1) is 35.2 Å². The number of hydrogen-bond acceptors (Lipinski definition) is 5. The maximum absolute atomic E-state index is 9.42. The number of anilines is 1. The third-order valence-corrected chi connectivity index (χ3v) is 5.52. The van der Waals surface area contributed by atoms with E-state index in [2.05, 4.69) is 29.1 Å². The summed E-state index contributed by atoms with van der Waals surface area (Å²) in [6, 6.07) is 2.49. The smallest absolute Gasteiger partial charge is 0.126 e. The molecule has 0 bridgehead atoms. The predicted molar refractivity (Wildman–Crippen MR) is 94.5 cm³/mol. The van der Waals surface area contributed by atoms with Crippen LogP contribution in [0.3, 0.4) is 0 Å². The van der Waals surface area contributed by atoms with Crippen molar-refractivity contribution in [2.75, 3.05) is 25.1 Å². The Morgan fingerprint density at radius 2 is 2.35 bits per heavy atom. The Morgan fingerprint density at radius 3 is 3.09 bits per heavy atom. The fraction of sp³-hybridized carbons (Fsp3) is 0.471. The highest BCUT2D eigenvalue weighted by molar-refractivity contribution is 7.26. The van der Waals surface area contributed by atoms with E-state index in [9.17, 15) is 5.11 Å². The minimum absolute atomic E-state index is 0.130. The monoisotopic (exact) mass is 331 g/mol. The Labute approximate surface area is 138 Å². The predicted octanol–water partition coefficient (Wildman–Crippen LogP) is 3.06. The molecule has 0 spiro atoms. The van der Waals surface area contributed by atoms with Crippen LogP contribution in [0.25, 0.3) is 20.4 Å². The third kappa shape index (κ3) is 2.51. The molecular formula is C17H21N3O2S. The number of hydrogen-bond donors (Lipinski definition) is 2. The highest BCUT2D eigenvalue weighted by Crippen LogP contribution is 2.41. The molecule has 6 heteroatoms. The number of pyridine rings is 1. The number of aliphatic hydroxyl groups excluding tert-OH is 1. The van der Waals surface area contributed by atoms with Gasteiger partial charge < -0.3 is 19.7 Å². The summed E-state index contributed by atoms with van der Waals surface area (Å²) in [4.78, 5) is 5.78. The largest absolute Gasteiger partial charge is 0.395 e. The Kier molecular flexibility index (Phi) is 3.75. The zero-order valence-corrected chi connectivity index (χ0v) is 14.2. The first-order chi connectivity index (χ1) is 11.2. The van der Waals surface area contributed by atoms with Gasteiger partial charge in [-0.3, -0.25) is 0 Å². The molecular weight excluding hydrogens is 310 g/mol. The second-order valence-electron chi connectivity index (χ2n) is 6.21. The van der Waals surface area contributed by atoms with Crippen LogP contribution in [-0.2, 0) is 11.3 Å². The molecule has 4 rings (SSSR count). The van der Waals surface area contributed by atoms with Crippen LogP contribution in [0, 0.1) is 13.8 Å². The van der Waals surface area contributed by atoms with Crippen molar-refractivity contribution < 1.29 is 9.84 Å². The van der Waals surface area contributed by atoms with E-state index in [1.54, 1.807) is 11.3 Å². The minimum atomic E-state index is 0.130. The summed E-state index contributed by atoms with van der Waals surface area (Å²) in [5, 5.41) is 14.2. The lowest BCUT2D eigenvalue weighted by Crippen LogP contribution is -2.18. The second-order valence-corrected chi connectivity index (χ2v) is 7.20. The Bertz CT molecular complexity index is 862. The molecule has 0 aromatic carbocycles. The number of fused-ring (bicyclic) bond motifs is 3. The topological polar surface area (TPSA) is 59.3 Å². The molecule has 1 atom stereocenters. The Balaban J connectivity index is 1.91. The lowest BCUT2D eigenvalue weighted by molar-refractivity contribution is 0.195. The van der Waals surface area contributed by atoms with E-state index in [-0.39, 0.29) is 6.61 Å². The third-order valence-electron chi connectivity index (χ3n) is 4.41. The first kappa shape index (κ1) is 14.9. The zero-order chi connectivity index (χ0) is 16.0. The van der Waals surface area contributed by atoms with Crippen LogP contribution in [0.5, 0.6) is 0 Å². The van der Waals surface area contributed by atoms with E-state index in [0.717, 1.165) is 35.8 Å². The molecule has 1 unspecified atom stereocenters. The van der Waals surface area contributed by atoms with Gasteiger partial charge in [-0.05, 0) is 31.9 Å². The summed E-state index contributed by atoms with van der Waals surface area (Å²) in [7, 11) is 0. The molecule has 3 aromatic rings. The van der Waals surface area contributed by atoms with Crippen molar-refractivity contribution in [2.45, 2.75) is 32.9 Å². The van der Waals surface area contributed by atoms with Gasteiger partial charge in [0.2, 0.25) is 0 Å². The van der Waals surface area contributed by atoms with Crippen molar-refractivity contribution >= 4 is 37.5 Å². The van der Waals surface area contributed by atoms with Gasteiger partial charge in [-0.25, -0.2) is 4.98 Å². The number of nitrogens with zero attached hydrogens (tertiary/aromatic N) is 2. The van der Waals surface area contributed by atoms with Crippen LogP contribution in [0.2, 0.25) is 0 Å². The summed E-state index contributed by atoms with van der Waals surface area (Å²) in [6.07, 6.45) is 3.16. The van der Waals surface area contributed by atoms with Crippen LogP contribution >= 0.6 is 11.3 Å². The number of nitrogens with one attached hydrogen (secondary N) is 1. The molecule has 1 aliphatic heterocycles. The SMILES string of the molecule is Cc1cc(C)c2c(n1)sc1c(NC3CCOC3)cn(CCO)c12. The number of rotatable bonds is 4. The second kappa shape index (κ2) is 5.78. The number of aliphatic hydroxyl groups is 1. The number of aryl methyl sites for hydroxylation is 2. The van der Waals surface area contributed by atoms with E-state index in [4.69, 9.17) is 9.72 Å². The lowest BCUT2D eigenvalue weighted by atomic mass is 10.1. The van der Waals surface area contributed by atoms with Gasteiger partial charge in [0.25, 0.3) is 0 Å². The normalized spacial score (nSPS) is 18.3. The molecule has 1 saturated heterocycles. The van der Waals surface area contributed by atoms with E-state index in [1.807, 2.05) is 6.92 Å². The maximum atomic E-state index is 9.42. The van der Waals surface area contributed by atoms with Crippen molar-refractivity contribution in [2.24, 2.45) is 0 Å². The average molecular weight is 331 g/mol. The molecule has 122 valence electrons. The first-order valence-electron chi connectivity index (χ1n) is 8.02. The van der Waals surface area contributed by atoms with Gasteiger partial charge in [0.1, 0.15) is 4.83 Å². The van der Waals surface area contributed by atoms with Crippen molar-refractivity contribution in [1.29, 1.82) is 0 Å². The fourth-order valence-electron chi connectivity index (χ4n) is 3.41. The fourth-order valence-corrected chi connectivity index (χ4v) is 4.69. The zero-order valence-electron chi connectivity index (χ0n) is 13.4. The minimum Gasteiger partial charge on any atom is -0.395 e. The van der Waals surface area contributed by atoms with E-state index < -0.39 is 0 Å². The summed E-state index contributed by atoms with van der Waals surface area (Å²) < 4.78 is 8.84. The first-order valence-corrected chi connectivity index (χ1v) is 8.83. The van der Waals surface area contributed by atoms with Crippen LogP contribution in [0.15, 0.2) is 12.3 Å². The summed E-state index contributed by atoms with van der Waals surface area (Å²) in [5.74, 6) is 0. The molecule has 5 nitrogen and oxygen atoms in total. The molecule has 4 heterocycles. The molecule has 1 fully saturated rings. The van der Waals surface area contributed by atoms with Crippen LogP contribution in [0.4, 0.5) is 5.69 Å².